The third kappa shape index (κ3) is 2.90. The van der Waals surface area contributed by atoms with E-state index in [0.29, 0.717) is 17.1 Å². The van der Waals surface area contributed by atoms with Crippen LogP contribution in [-0.4, -0.2) is 10.8 Å². The Hall–Kier alpha value is -0.710. The van der Waals surface area contributed by atoms with Gasteiger partial charge < -0.3 is 0 Å². The molecule has 0 aromatic carbocycles. The normalized spacial score (nSPS) is 10.4. The van der Waals surface area contributed by atoms with Crippen LogP contribution < -0.4 is 0 Å². The van der Waals surface area contributed by atoms with E-state index in [1.54, 1.807) is 23.5 Å². The highest BCUT2D eigenvalue weighted by Gasteiger charge is 2.09. The number of aromatic nitrogens is 1. The SMILES string of the molecule is O=C(Cc1ccc(Br)s1)c1ccc(Cl)cn1. The zero-order valence-corrected chi connectivity index (χ0v) is 11.3. The summed E-state index contributed by atoms with van der Waals surface area (Å²) in [6.45, 7) is 0. The first-order chi connectivity index (χ1) is 7.65. The molecule has 5 heteroatoms. The predicted molar refractivity (Wildman–Crippen MR) is 69.3 cm³/mol. The lowest BCUT2D eigenvalue weighted by Gasteiger charge is -1.98. The Kier molecular flexibility index (Phi) is 3.74. The van der Waals surface area contributed by atoms with Crippen LogP contribution in [0.1, 0.15) is 15.4 Å². The molecule has 0 unspecified atom stereocenters. The van der Waals surface area contributed by atoms with Gasteiger partial charge in [-0.3, -0.25) is 9.78 Å². The van der Waals surface area contributed by atoms with Gasteiger partial charge in [-0.05, 0) is 40.2 Å². The maximum absolute atomic E-state index is 11.8. The minimum atomic E-state index is 0.00557. The molecule has 0 fully saturated rings. The van der Waals surface area contributed by atoms with Gasteiger partial charge in [0, 0.05) is 17.5 Å². The summed E-state index contributed by atoms with van der Waals surface area (Å²) in [7, 11) is 0. The largest absolute Gasteiger partial charge is 0.292 e. The molecule has 2 rings (SSSR count). The van der Waals surface area contributed by atoms with Crippen LogP contribution in [0.2, 0.25) is 5.02 Å². The Labute approximate surface area is 110 Å². The Balaban J connectivity index is 2.11. The summed E-state index contributed by atoms with van der Waals surface area (Å²) in [5.41, 5.74) is 0.453. The fraction of sp³-hybridized carbons (Fsp3) is 0.0909. The van der Waals surface area contributed by atoms with Gasteiger partial charge in [-0.2, -0.15) is 0 Å². The van der Waals surface area contributed by atoms with Crippen molar-refractivity contribution < 1.29 is 4.79 Å². The van der Waals surface area contributed by atoms with Crippen LogP contribution in [0.5, 0.6) is 0 Å². The zero-order chi connectivity index (χ0) is 11.5. The Bertz CT molecular complexity index is 509. The number of Topliss-reactive ketones (excluding diaryl/α,β-unsaturated/α-hetero) is 1. The van der Waals surface area contributed by atoms with Gasteiger partial charge in [0.2, 0.25) is 0 Å². The van der Waals surface area contributed by atoms with Crippen molar-refractivity contribution in [2.45, 2.75) is 6.42 Å². The second-order valence-electron chi connectivity index (χ2n) is 3.17. The Morgan fingerprint density at radius 2 is 2.19 bits per heavy atom. The molecule has 0 aliphatic carbocycles. The summed E-state index contributed by atoms with van der Waals surface area (Å²) >= 11 is 10.6. The number of ketones is 1. The van der Waals surface area contributed by atoms with Gasteiger partial charge in [-0.25, -0.2) is 0 Å². The molecule has 0 aliphatic heterocycles. The lowest BCUT2D eigenvalue weighted by Crippen LogP contribution is -2.04. The number of carbonyl (C=O) groups is 1. The minimum absolute atomic E-state index is 0.00557. The van der Waals surface area contributed by atoms with Crippen molar-refractivity contribution in [3.05, 3.63) is 49.8 Å². The highest BCUT2D eigenvalue weighted by Crippen LogP contribution is 2.23. The van der Waals surface area contributed by atoms with Gasteiger partial charge in [-0.1, -0.05) is 11.6 Å². The van der Waals surface area contributed by atoms with E-state index in [2.05, 4.69) is 20.9 Å². The zero-order valence-electron chi connectivity index (χ0n) is 8.11. The van der Waals surface area contributed by atoms with Crippen LogP contribution in [0, 0.1) is 0 Å². The van der Waals surface area contributed by atoms with Gasteiger partial charge in [0.25, 0.3) is 0 Å². The molecule has 0 N–H and O–H groups in total. The maximum Gasteiger partial charge on any atom is 0.186 e. The monoisotopic (exact) mass is 315 g/mol. The Morgan fingerprint density at radius 1 is 1.38 bits per heavy atom. The smallest absolute Gasteiger partial charge is 0.186 e. The van der Waals surface area contributed by atoms with Gasteiger partial charge in [0.15, 0.2) is 5.78 Å². The molecule has 0 aliphatic rings. The van der Waals surface area contributed by atoms with E-state index in [9.17, 15) is 4.79 Å². The van der Waals surface area contributed by atoms with Crippen molar-refractivity contribution >= 4 is 44.7 Å². The summed E-state index contributed by atoms with van der Waals surface area (Å²) < 4.78 is 1.03. The fourth-order valence-corrected chi connectivity index (χ4v) is 2.83. The molecule has 2 nitrogen and oxygen atoms in total. The van der Waals surface area contributed by atoms with Crippen LogP contribution in [0.3, 0.4) is 0 Å². The van der Waals surface area contributed by atoms with Crippen LogP contribution in [0.15, 0.2) is 34.2 Å². The quantitative estimate of drug-likeness (QED) is 0.802. The molecule has 0 spiro atoms. The first-order valence-corrected chi connectivity index (χ1v) is 6.53. The number of carbonyl (C=O) groups excluding carboxylic acids is 1. The molecular formula is C11H7BrClNOS. The third-order valence-electron chi connectivity index (χ3n) is 1.98. The number of thiophene rings is 1. The molecular weight excluding hydrogens is 310 g/mol. The average molecular weight is 317 g/mol. The molecule has 2 heterocycles. The highest BCUT2D eigenvalue weighted by molar-refractivity contribution is 9.11. The van der Waals surface area contributed by atoms with Crippen molar-refractivity contribution in [1.82, 2.24) is 4.98 Å². The van der Waals surface area contributed by atoms with E-state index >= 15 is 0 Å². The van der Waals surface area contributed by atoms with Gasteiger partial charge in [-0.15, -0.1) is 11.3 Å². The van der Waals surface area contributed by atoms with Crippen molar-refractivity contribution in [3.63, 3.8) is 0 Å². The topological polar surface area (TPSA) is 30.0 Å². The highest BCUT2D eigenvalue weighted by atomic mass is 79.9. The standard InChI is InChI=1S/C11H7BrClNOS/c12-11-4-2-8(16-11)5-10(15)9-3-1-7(13)6-14-9/h1-4,6H,5H2. The molecule has 2 aromatic rings. The number of hydrogen-bond donors (Lipinski definition) is 0. The van der Waals surface area contributed by atoms with E-state index in [-0.39, 0.29) is 5.78 Å². The minimum Gasteiger partial charge on any atom is -0.292 e. The Morgan fingerprint density at radius 3 is 2.75 bits per heavy atom. The second-order valence-corrected chi connectivity index (χ2v) is 6.15. The van der Waals surface area contributed by atoms with E-state index in [4.69, 9.17) is 11.6 Å². The number of halogens is 2. The number of nitrogens with zero attached hydrogens (tertiary/aromatic N) is 1. The molecule has 0 bridgehead atoms. The summed E-state index contributed by atoms with van der Waals surface area (Å²) in [5.74, 6) is 0.00557. The first-order valence-electron chi connectivity index (χ1n) is 4.54. The maximum atomic E-state index is 11.8. The van der Waals surface area contributed by atoms with Crippen LogP contribution >= 0.6 is 38.9 Å². The summed E-state index contributed by atoms with van der Waals surface area (Å²) in [5, 5.41) is 0.537. The van der Waals surface area contributed by atoms with Crippen molar-refractivity contribution in [2.24, 2.45) is 0 Å². The molecule has 16 heavy (non-hydrogen) atoms. The molecule has 2 aromatic heterocycles. The number of pyridine rings is 1. The van der Waals surface area contributed by atoms with E-state index < -0.39 is 0 Å². The number of rotatable bonds is 3. The molecule has 0 radical (unpaired) electrons. The van der Waals surface area contributed by atoms with Gasteiger partial charge in [0.1, 0.15) is 5.69 Å². The van der Waals surface area contributed by atoms with E-state index in [0.717, 1.165) is 8.66 Å². The van der Waals surface area contributed by atoms with Crippen molar-refractivity contribution in [2.75, 3.05) is 0 Å². The first kappa shape index (κ1) is 11.8. The van der Waals surface area contributed by atoms with Crippen LogP contribution in [-0.2, 0) is 6.42 Å². The third-order valence-corrected chi connectivity index (χ3v) is 3.82. The van der Waals surface area contributed by atoms with Crippen molar-refractivity contribution in [1.29, 1.82) is 0 Å². The summed E-state index contributed by atoms with van der Waals surface area (Å²) in [6.07, 6.45) is 1.87. The lowest BCUT2D eigenvalue weighted by molar-refractivity contribution is 0.0989. The molecule has 0 saturated carbocycles. The predicted octanol–water partition coefficient (Wildman–Crippen LogP) is 3.98. The van der Waals surface area contributed by atoms with Crippen LogP contribution in [0.25, 0.3) is 0 Å². The second kappa shape index (κ2) is 5.08. The van der Waals surface area contributed by atoms with Crippen molar-refractivity contribution in [3.8, 4) is 0 Å². The lowest BCUT2D eigenvalue weighted by atomic mass is 10.2. The number of hydrogen-bond acceptors (Lipinski definition) is 3. The fourth-order valence-electron chi connectivity index (χ4n) is 1.24. The average Bonchev–Trinajstić information content (AvgIpc) is 2.65. The molecule has 0 atom stereocenters. The molecule has 0 amide bonds. The van der Waals surface area contributed by atoms with Gasteiger partial charge in [0.05, 0.1) is 8.81 Å². The van der Waals surface area contributed by atoms with Crippen LogP contribution in [0.4, 0.5) is 0 Å². The summed E-state index contributed by atoms with van der Waals surface area (Å²) in [4.78, 5) is 16.8. The molecule has 0 saturated heterocycles. The van der Waals surface area contributed by atoms with Gasteiger partial charge >= 0.3 is 0 Å². The van der Waals surface area contributed by atoms with E-state index in [1.165, 1.54) is 6.20 Å². The summed E-state index contributed by atoms with van der Waals surface area (Å²) in [6, 6.07) is 7.19. The van der Waals surface area contributed by atoms with E-state index in [1.807, 2.05) is 12.1 Å². The molecule has 82 valence electrons.